The Labute approximate surface area is 82.8 Å². The Hall–Kier alpha value is -1.66. The number of rotatable bonds is 0. The highest BCUT2D eigenvalue weighted by Crippen LogP contribution is 1.73. The summed E-state index contributed by atoms with van der Waals surface area (Å²) in [5, 5.41) is 14.0. The van der Waals surface area contributed by atoms with Gasteiger partial charge in [-0.1, -0.05) is 6.07 Å². The van der Waals surface area contributed by atoms with Crippen molar-refractivity contribution in [1.82, 2.24) is 15.0 Å². The molecule has 73 valence electrons. The van der Waals surface area contributed by atoms with Gasteiger partial charge in [-0.3, -0.25) is 4.98 Å². The minimum absolute atomic E-state index is 0. The first-order valence-corrected chi connectivity index (χ1v) is 3.79. The summed E-state index contributed by atoms with van der Waals surface area (Å²) in [7, 11) is 0. The van der Waals surface area contributed by atoms with Crippen LogP contribution in [0.3, 0.4) is 0 Å². The van der Waals surface area contributed by atoms with Crippen LogP contribution < -0.4 is 0 Å². The molecule has 0 bridgehead atoms. The number of H-pyrrole nitrogens is 1. The summed E-state index contributed by atoms with van der Waals surface area (Å²) in [5.41, 5.74) is 0. The first-order valence-electron chi connectivity index (χ1n) is 3.79. The van der Waals surface area contributed by atoms with Crippen molar-refractivity contribution in [3.63, 3.8) is 0 Å². The summed E-state index contributed by atoms with van der Waals surface area (Å²) in [6, 6.07) is 5.72. The molecule has 0 fully saturated rings. The summed E-state index contributed by atoms with van der Waals surface area (Å²) in [5.74, 6) is 0. The summed E-state index contributed by atoms with van der Waals surface area (Å²) in [6.07, 6.45) is 8.58. The Balaban J connectivity index is 0.000000193. The van der Waals surface area contributed by atoms with Crippen LogP contribution in [0.4, 0.5) is 0 Å². The first kappa shape index (κ1) is 12.3. The molecule has 2 rings (SSSR count). The zero-order chi connectivity index (χ0) is 10.5. The molecule has 0 saturated heterocycles. The average molecular weight is 192 g/mol. The van der Waals surface area contributed by atoms with Gasteiger partial charge in [-0.05, 0) is 12.1 Å². The molecule has 2 heterocycles. The van der Waals surface area contributed by atoms with Gasteiger partial charge in [0, 0.05) is 24.8 Å². The van der Waals surface area contributed by atoms with Crippen LogP contribution in [-0.2, 0) is 0 Å². The third kappa shape index (κ3) is 10.3. The van der Waals surface area contributed by atoms with Crippen LogP contribution in [0.5, 0.6) is 0 Å². The van der Waals surface area contributed by atoms with Gasteiger partial charge in [-0.2, -0.15) is 0 Å². The Kier molecular flexibility index (Phi) is 10.0. The molecule has 2 aromatic rings. The monoisotopic (exact) mass is 192 g/mol. The number of aromatic nitrogens is 3. The second-order valence-corrected chi connectivity index (χ2v) is 1.90. The third-order valence-corrected chi connectivity index (χ3v) is 0.972. The van der Waals surface area contributed by atoms with Crippen molar-refractivity contribution < 1.29 is 10.0 Å². The molecule has 0 unspecified atom stereocenters. The molecule has 1 radical (unpaired) electrons. The lowest BCUT2D eigenvalue weighted by Crippen LogP contribution is -1.75. The van der Waals surface area contributed by atoms with Gasteiger partial charge < -0.3 is 15.0 Å². The normalized spacial score (nSPS) is 7.29. The lowest BCUT2D eigenvalue weighted by atomic mass is 10.5. The molecule has 0 saturated carbocycles. The van der Waals surface area contributed by atoms with E-state index in [0.717, 1.165) is 0 Å². The van der Waals surface area contributed by atoms with Crippen LogP contribution in [0.1, 0.15) is 0 Å². The molecule has 0 atom stereocenters. The van der Waals surface area contributed by atoms with Crippen LogP contribution in [0.25, 0.3) is 0 Å². The predicted octanol–water partition coefficient (Wildman–Crippen LogP) is -0.00350. The highest BCUT2D eigenvalue weighted by molar-refractivity contribution is 6.13. The average Bonchev–Trinajstić information content (AvgIpc) is 2.80. The summed E-state index contributed by atoms with van der Waals surface area (Å²) in [4.78, 5) is 10.2. The fraction of sp³-hybridized carbons (Fsp3) is 0. The lowest BCUT2D eigenvalue weighted by Gasteiger charge is -1.70. The second-order valence-electron chi connectivity index (χ2n) is 1.90. The molecule has 0 spiro atoms. The van der Waals surface area contributed by atoms with E-state index in [0.29, 0.717) is 0 Å². The molecule has 5 nitrogen and oxygen atoms in total. The first-order chi connectivity index (χ1) is 6.91. The maximum Gasteiger partial charge on any atom is 0.482 e. The van der Waals surface area contributed by atoms with Crippen molar-refractivity contribution in [2.75, 3.05) is 0 Å². The van der Waals surface area contributed by atoms with Gasteiger partial charge in [0.1, 0.15) is 0 Å². The standard InChI is InChI=1S/C5H5N.C3H4N2.BH2O2/c1-2-4-6-5-3-1;1-2-5-3-4-1;2-1-3/h1-5H;1-3H,(H,4,5);2-3H. The van der Waals surface area contributed by atoms with E-state index in [4.69, 9.17) is 10.0 Å². The van der Waals surface area contributed by atoms with Crippen molar-refractivity contribution in [1.29, 1.82) is 0 Å². The number of nitrogens with zero attached hydrogens (tertiary/aromatic N) is 2. The maximum atomic E-state index is 7.00. The van der Waals surface area contributed by atoms with E-state index in [9.17, 15) is 0 Å². The molecule has 0 amide bonds. The van der Waals surface area contributed by atoms with Gasteiger partial charge in [-0.25, -0.2) is 4.98 Å². The number of pyridine rings is 1. The van der Waals surface area contributed by atoms with E-state index in [1.807, 2.05) is 18.2 Å². The summed E-state index contributed by atoms with van der Waals surface area (Å²) >= 11 is 0. The third-order valence-electron chi connectivity index (χ3n) is 0.972. The lowest BCUT2D eigenvalue weighted by molar-refractivity contribution is 0.448. The highest BCUT2D eigenvalue weighted by Gasteiger charge is 1.58. The predicted molar refractivity (Wildman–Crippen MR) is 53.0 cm³/mol. The maximum absolute atomic E-state index is 7.00. The van der Waals surface area contributed by atoms with E-state index in [2.05, 4.69) is 15.0 Å². The van der Waals surface area contributed by atoms with Gasteiger partial charge >= 0.3 is 7.69 Å². The zero-order valence-electron chi connectivity index (χ0n) is 7.49. The highest BCUT2D eigenvalue weighted by atomic mass is 16.4. The summed E-state index contributed by atoms with van der Waals surface area (Å²) in [6.45, 7) is 0. The topological polar surface area (TPSA) is 82.0 Å². The quantitative estimate of drug-likeness (QED) is 0.513. The van der Waals surface area contributed by atoms with Crippen molar-refractivity contribution in [2.45, 2.75) is 0 Å². The van der Waals surface area contributed by atoms with E-state index < -0.39 is 0 Å². The van der Waals surface area contributed by atoms with Crippen molar-refractivity contribution in [3.05, 3.63) is 49.3 Å². The fourth-order valence-electron chi connectivity index (χ4n) is 0.528. The minimum atomic E-state index is 0. The van der Waals surface area contributed by atoms with Gasteiger partial charge in [-0.15, -0.1) is 0 Å². The minimum Gasteiger partial charge on any atom is -0.429 e. The van der Waals surface area contributed by atoms with Crippen LogP contribution in [-0.4, -0.2) is 32.7 Å². The Morgan fingerprint density at radius 2 is 1.57 bits per heavy atom. The van der Waals surface area contributed by atoms with Crippen LogP contribution in [0, 0.1) is 0 Å². The van der Waals surface area contributed by atoms with E-state index in [1.54, 1.807) is 31.1 Å². The Morgan fingerprint density at radius 1 is 0.929 bits per heavy atom. The molecular weight excluding hydrogens is 181 g/mol. The number of imidazole rings is 1. The smallest absolute Gasteiger partial charge is 0.429 e. The molecule has 0 aliphatic rings. The van der Waals surface area contributed by atoms with Gasteiger partial charge in [0.15, 0.2) is 0 Å². The van der Waals surface area contributed by atoms with E-state index in [1.165, 1.54) is 0 Å². The second kappa shape index (κ2) is 11.3. The van der Waals surface area contributed by atoms with Gasteiger partial charge in [0.05, 0.1) is 6.33 Å². The number of nitrogens with one attached hydrogen (secondary N) is 1. The van der Waals surface area contributed by atoms with Gasteiger partial charge in [0.2, 0.25) is 0 Å². The fourth-order valence-corrected chi connectivity index (χ4v) is 0.528. The molecule has 6 heteroatoms. The Bertz CT molecular complexity index is 221. The zero-order valence-corrected chi connectivity index (χ0v) is 7.49. The molecule has 14 heavy (non-hydrogen) atoms. The number of hydrogen-bond donors (Lipinski definition) is 3. The van der Waals surface area contributed by atoms with Crippen molar-refractivity contribution in [2.24, 2.45) is 0 Å². The van der Waals surface area contributed by atoms with Crippen LogP contribution in [0.15, 0.2) is 49.3 Å². The number of hydrogen-bond acceptors (Lipinski definition) is 4. The summed E-state index contributed by atoms with van der Waals surface area (Å²) < 4.78 is 0. The van der Waals surface area contributed by atoms with Crippen LogP contribution in [0.2, 0.25) is 0 Å². The SMILES string of the molecule is O[B]O.c1c[nH]cn1.c1ccncc1. The van der Waals surface area contributed by atoms with Crippen LogP contribution >= 0.6 is 0 Å². The number of aromatic amines is 1. The molecule has 0 aromatic carbocycles. The molecule has 3 N–H and O–H groups in total. The largest absolute Gasteiger partial charge is 0.482 e. The van der Waals surface area contributed by atoms with Crippen molar-refractivity contribution in [3.8, 4) is 0 Å². The molecule has 0 aliphatic carbocycles. The Morgan fingerprint density at radius 3 is 1.71 bits per heavy atom. The van der Waals surface area contributed by atoms with Gasteiger partial charge in [0.25, 0.3) is 0 Å². The van der Waals surface area contributed by atoms with Crippen molar-refractivity contribution >= 4 is 7.69 Å². The molecule has 2 aromatic heterocycles. The van der Waals surface area contributed by atoms with E-state index in [-0.39, 0.29) is 7.69 Å². The van der Waals surface area contributed by atoms with E-state index >= 15 is 0 Å². The molecule has 0 aliphatic heterocycles. The molecular formula is C8H11BN3O2.